The van der Waals surface area contributed by atoms with Crippen molar-refractivity contribution >= 4 is 5.97 Å². The van der Waals surface area contributed by atoms with Gasteiger partial charge in [0.05, 0.1) is 5.56 Å². The van der Waals surface area contributed by atoms with Crippen LogP contribution < -0.4 is 4.74 Å². The normalized spacial score (nSPS) is 14.4. The number of benzene rings is 2. The van der Waals surface area contributed by atoms with Gasteiger partial charge in [0.2, 0.25) is 0 Å². The van der Waals surface area contributed by atoms with E-state index in [1.54, 1.807) is 24.3 Å². The first-order chi connectivity index (χ1) is 12.9. The molecule has 2 aromatic rings. The number of aliphatic hydroxyl groups excluding tert-OH is 3. The van der Waals surface area contributed by atoms with Gasteiger partial charge in [-0.3, -0.25) is 0 Å². The zero-order chi connectivity index (χ0) is 20.0. The molecule has 0 saturated heterocycles. The standard InChI is InChI=1S/C22H28O5/c1-14(11-23)17-9-19(15(2)12-24)21(20(10-17)16(3)13-25)22(26)27-18-7-5-4-6-8-18/h4-10,14-16,23-25H,11-13H2,1-3H3. The Morgan fingerprint density at radius 3 is 1.78 bits per heavy atom. The van der Waals surface area contributed by atoms with Gasteiger partial charge in [-0.25, -0.2) is 4.79 Å². The third kappa shape index (κ3) is 4.95. The van der Waals surface area contributed by atoms with Crippen LogP contribution in [-0.2, 0) is 0 Å². The fraction of sp³-hybridized carbons (Fsp3) is 0.409. The van der Waals surface area contributed by atoms with Crippen LogP contribution in [-0.4, -0.2) is 41.1 Å². The summed E-state index contributed by atoms with van der Waals surface area (Å²) in [5.41, 5.74) is 2.55. The third-order valence-electron chi connectivity index (χ3n) is 4.83. The first kappa shape index (κ1) is 21.1. The largest absolute Gasteiger partial charge is 0.423 e. The van der Waals surface area contributed by atoms with Crippen molar-refractivity contribution in [1.29, 1.82) is 0 Å². The molecule has 146 valence electrons. The van der Waals surface area contributed by atoms with Crippen molar-refractivity contribution in [3.63, 3.8) is 0 Å². The maximum Gasteiger partial charge on any atom is 0.344 e. The van der Waals surface area contributed by atoms with Crippen LogP contribution in [0.5, 0.6) is 5.75 Å². The minimum atomic E-state index is -0.519. The Hall–Kier alpha value is -2.21. The summed E-state index contributed by atoms with van der Waals surface area (Å²) in [5, 5.41) is 29.0. The first-order valence-electron chi connectivity index (χ1n) is 9.20. The molecule has 3 N–H and O–H groups in total. The molecule has 3 unspecified atom stereocenters. The van der Waals surface area contributed by atoms with Gasteiger partial charge in [0.25, 0.3) is 0 Å². The average Bonchev–Trinajstić information content (AvgIpc) is 2.71. The number of ether oxygens (including phenoxy) is 1. The molecule has 0 saturated carbocycles. The highest BCUT2D eigenvalue weighted by Gasteiger charge is 2.26. The van der Waals surface area contributed by atoms with Crippen molar-refractivity contribution in [1.82, 2.24) is 0 Å². The summed E-state index contributed by atoms with van der Waals surface area (Å²) in [6.07, 6.45) is 0. The summed E-state index contributed by atoms with van der Waals surface area (Å²) in [6, 6.07) is 12.5. The fourth-order valence-electron chi connectivity index (χ4n) is 2.96. The molecule has 0 aliphatic heterocycles. The van der Waals surface area contributed by atoms with Gasteiger partial charge < -0.3 is 20.1 Å². The van der Waals surface area contributed by atoms with Crippen LogP contribution >= 0.6 is 0 Å². The molecule has 0 aliphatic carbocycles. The molecule has 2 rings (SSSR count). The number of aliphatic hydroxyl groups is 3. The van der Waals surface area contributed by atoms with Crippen molar-refractivity contribution in [3.05, 3.63) is 64.7 Å². The topological polar surface area (TPSA) is 87.0 Å². The van der Waals surface area contributed by atoms with E-state index in [9.17, 15) is 20.1 Å². The lowest BCUT2D eigenvalue weighted by molar-refractivity contribution is 0.0730. The van der Waals surface area contributed by atoms with Gasteiger partial charge in [0, 0.05) is 37.6 Å². The van der Waals surface area contributed by atoms with Gasteiger partial charge in [-0.2, -0.15) is 0 Å². The number of carbonyl (C=O) groups is 1. The number of esters is 1. The molecule has 3 atom stereocenters. The van der Waals surface area contributed by atoms with Crippen LogP contribution in [0.3, 0.4) is 0 Å². The summed E-state index contributed by atoms with van der Waals surface area (Å²) >= 11 is 0. The molecule has 27 heavy (non-hydrogen) atoms. The van der Waals surface area contributed by atoms with Crippen LogP contribution in [0.2, 0.25) is 0 Å². The Bertz CT molecular complexity index is 726. The van der Waals surface area contributed by atoms with E-state index in [4.69, 9.17) is 4.74 Å². The molecular formula is C22H28O5. The second-order valence-corrected chi connectivity index (χ2v) is 7.03. The zero-order valence-corrected chi connectivity index (χ0v) is 16.1. The Morgan fingerprint density at radius 2 is 1.33 bits per heavy atom. The molecule has 2 aromatic carbocycles. The maximum absolute atomic E-state index is 13.0. The Kier molecular flexibility index (Phi) is 7.54. The van der Waals surface area contributed by atoms with Crippen LogP contribution in [0, 0.1) is 0 Å². The third-order valence-corrected chi connectivity index (χ3v) is 4.83. The predicted molar refractivity (Wildman–Crippen MR) is 104 cm³/mol. The SMILES string of the molecule is CC(CO)c1cc(C(C)CO)c(C(=O)Oc2ccccc2)c(C(C)CO)c1. The highest BCUT2D eigenvalue weighted by molar-refractivity contribution is 5.95. The van der Waals surface area contributed by atoms with E-state index in [1.165, 1.54) is 0 Å². The average molecular weight is 372 g/mol. The van der Waals surface area contributed by atoms with Crippen molar-refractivity contribution in [2.75, 3.05) is 19.8 Å². The highest BCUT2D eigenvalue weighted by atomic mass is 16.5. The molecule has 0 bridgehead atoms. The van der Waals surface area contributed by atoms with E-state index < -0.39 is 5.97 Å². The second-order valence-electron chi connectivity index (χ2n) is 7.03. The van der Waals surface area contributed by atoms with Crippen LogP contribution in [0.1, 0.15) is 65.6 Å². The van der Waals surface area contributed by atoms with Crippen LogP contribution in [0.4, 0.5) is 0 Å². The molecule has 5 heteroatoms. The number of rotatable bonds is 8. The minimum absolute atomic E-state index is 0.0340. The quantitative estimate of drug-likeness (QED) is 0.489. The zero-order valence-electron chi connectivity index (χ0n) is 16.1. The lowest BCUT2D eigenvalue weighted by atomic mass is 9.83. The second kappa shape index (κ2) is 9.65. The van der Waals surface area contributed by atoms with E-state index >= 15 is 0 Å². The number of carbonyl (C=O) groups excluding carboxylic acids is 1. The van der Waals surface area contributed by atoms with E-state index in [1.807, 2.05) is 39.0 Å². The summed E-state index contributed by atoms with van der Waals surface area (Å²) in [7, 11) is 0. The molecule has 0 amide bonds. The van der Waals surface area contributed by atoms with Gasteiger partial charge in [-0.15, -0.1) is 0 Å². The predicted octanol–water partition coefficient (Wildman–Crippen LogP) is 3.19. The Morgan fingerprint density at radius 1 is 0.852 bits per heavy atom. The van der Waals surface area contributed by atoms with Crippen LogP contribution in [0.15, 0.2) is 42.5 Å². The fourth-order valence-corrected chi connectivity index (χ4v) is 2.96. The molecule has 0 fully saturated rings. The number of hydrogen-bond donors (Lipinski definition) is 3. The minimum Gasteiger partial charge on any atom is -0.423 e. The van der Waals surface area contributed by atoms with Gasteiger partial charge in [-0.05, 0) is 28.8 Å². The summed E-state index contributed by atoms with van der Waals surface area (Å²) in [5.74, 6) is -0.799. The maximum atomic E-state index is 13.0. The number of para-hydroxylation sites is 1. The van der Waals surface area contributed by atoms with Crippen molar-refractivity contribution in [3.8, 4) is 5.75 Å². The first-order valence-corrected chi connectivity index (χ1v) is 9.20. The van der Waals surface area contributed by atoms with Crippen LogP contribution in [0.25, 0.3) is 0 Å². The summed E-state index contributed by atoms with van der Waals surface area (Å²) in [6.45, 7) is 5.25. The molecule has 0 aliphatic rings. The Balaban J connectivity index is 2.61. The lowest BCUT2D eigenvalue weighted by Gasteiger charge is -2.23. The van der Waals surface area contributed by atoms with E-state index in [-0.39, 0.29) is 37.6 Å². The summed E-state index contributed by atoms with van der Waals surface area (Å²) < 4.78 is 5.55. The Labute approximate surface area is 160 Å². The molecule has 0 radical (unpaired) electrons. The molecule has 0 spiro atoms. The van der Waals surface area contributed by atoms with E-state index in [0.29, 0.717) is 22.4 Å². The van der Waals surface area contributed by atoms with E-state index in [2.05, 4.69) is 0 Å². The van der Waals surface area contributed by atoms with Crippen molar-refractivity contribution < 1.29 is 24.9 Å². The molecule has 0 aromatic heterocycles. The monoisotopic (exact) mass is 372 g/mol. The number of hydrogen-bond acceptors (Lipinski definition) is 5. The molecular weight excluding hydrogens is 344 g/mol. The van der Waals surface area contributed by atoms with Crippen molar-refractivity contribution in [2.45, 2.75) is 38.5 Å². The van der Waals surface area contributed by atoms with Gasteiger partial charge >= 0.3 is 5.97 Å². The molecule has 5 nitrogen and oxygen atoms in total. The van der Waals surface area contributed by atoms with Gasteiger partial charge in [0.15, 0.2) is 0 Å². The smallest absolute Gasteiger partial charge is 0.344 e. The molecule has 0 heterocycles. The van der Waals surface area contributed by atoms with E-state index in [0.717, 1.165) is 5.56 Å². The van der Waals surface area contributed by atoms with Crippen molar-refractivity contribution in [2.24, 2.45) is 0 Å². The van der Waals surface area contributed by atoms with Gasteiger partial charge in [0.1, 0.15) is 5.75 Å². The lowest BCUT2D eigenvalue weighted by Crippen LogP contribution is -2.20. The summed E-state index contributed by atoms with van der Waals surface area (Å²) in [4.78, 5) is 13.0. The highest BCUT2D eigenvalue weighted by Crippen LogP contribution is 2.33. The van der Waals surface area contributed by atoms with Gasteiger partial charge in [-0.1, -0.05) is 51.1 Å².